The molecule has 0 aliphatic carbocycles. The summed E-state index contributed by atoms with van der Waals surface area (Å²) < 4.78 is 5.74. The van der Waals surface area contributed by atoms with Crippen LogP contribution in [0.3, 0.4) is 0 Å². The molecule has 0 fully saturated rings. The van der Waals surface area contributed by atoms with Gasteiger partial charge in [0.1, 0.15) is 5.75 Å². The summed E-state index contributed by atoms with van der Waals surface area (Å²) in [5.41, 5.74) is 0.676. The molecular weight excluding hydrogens is 260 g/mol. The highest BCUT2D eigenvalue weighted by Crippen LogP contribution is 2.20. The zero-order valence-corrected chi connectivity index (χ0v) is 15.0. The Hall–Kier alpha value is -1.31. The highest BCUT2D eigenvalue weighted by molar-refractivity contribution is 5.96. The van der Waals surface area contributed by atoms with E-state index in [1.165, 1.54) is 19.3 Å². The third kappa shape index (κ3) is 10.1. The van der Waals surface area contributed by atoms with Crippen LogP contribution in [-0.2, 0) is 0 Å². The van der Waals surface area contributed by atoms with Crippen molar-refractivity contribution < 1.29 is 9.53 Å². The van der Waals surface area contributed by atoms with Gasteiger partial charge in [0.25, 0.3) is 0 Å². The molecule has 0 heterocycles. The average molecular weight is 294 g/mol. The first-order valence-electron chi connectivity index (χ1n) is 8.38. The van der Waals surface area contributed by atoms with E-state index in [0.717, 1.165) is 0 Å². The Labute approximate surface area is 131 Å². The summed E-state index contributed by atoms with van der Waals surface area (Å²) in [7, 11) is 0. The van der Waals surface area contributed by atoms with Crippen LogP contribution in [0.25, 0.3) is 0 Å². The number of para-hydroxylation sites is 1. The lowest BCUT2D eigenvalue weighted by Gasteiger charge is -2.14. The molecule has 0 amide bonds. The van der Waals surface area contributed by atoms with Crippen molar-refractivity contribution in [3.8, 4) is 5.75 Å². The molecule has 0 unspecified atom stereocenters. The summed E-state index contributed by atoms with van der Waals surface area (Å²) in [6.45, 7) is 14.6. The molecule has 0 radical (unpaired) electrons. The molecule has 2 heteroatoms. The van der Waals surface area contributed by atoms with Gasteiger partial charge in [-0.1, -0.05) is 66.5 Å². The summed E-state index contributed by atoms with van der Waals surface area (Å²) in [5, 5.41) is 0. The van der Waals surface area contributed by atoms with E-state index in [2.05, 4.69) is 13.8 Å². The highest BCUT2D eigenvalue weighted by Gasteiger charge is 2.09. The number of rotatable bonds is 7. The Morgan fingerprint density at radius 3 is 2.24 bits per heavy atom. The number of unbranched alkanes of at least 4 members (excludes halogenated alkanes) is 1. The van der Waals surface area contributed by atoms with Gasteiger partial charge in [-0.2, -0.15) is 0 Å². The molecule has 0 aliphatic rings. The zero-order chi connectivity index (χ0) is 16.7. The minimum Gasteiger partial charge on any atom is -0.493 e. The Bertz CT molecular complexity index is 358. The molecule has 0 saturated carbocycles. The molecule has 0 aliphatic heterocycles. The lowest BCUT2D eigenvalue weighted by Crippen LogP contribution is -2.10. The molecule has 0 N–H and O–H groups in total. The predicted molar refractivity (Wildman–Crippen MR) is 93.3 cm³/mol. The number of Topliss-reactive ketones (excluding diaryl/α,β-unsaturated/α-hetero) is 1. The van der Waals surface area contributed by atoms with Crippen molar-refractivity contribution in [2.45, 2.75) is 67.7 Å². The highest BCUT2D eigenvalue weighted by atomic mass is 16.5. The van der Waals surface area contributed by atoms with Crippen LogP contribution in [0.2, 0.25) is 0 Å². The van der Waals surface area contributed by atoms with Gasteiger partial charge in [0.05, 0.1) is 12.2 Å². The average Bonchev–Trinajstić information content (AvgIpc) is 2.54. The molecule has 2 nitrogen and oxygen atoms in total. The molecule has 21 heavy (non-hydrogen) atoms. The van der Waals surface area contributed by atoms with Gasteiger partial charge in [0.2, 0.25) is 0 Å². The van der Waals surface area contributed by atoms with E-state index in [0.29, 0.717) is 23.8 Å². The van der Waals surface area contributed by atoms with Crippen LogP contribution in [0.4, 0.5) is 0 Å². The van der Waals surface area contributed by atoms with Crippen molar-refractivity contribution in [1.82, 2.24) is 0 Å². The van der Waals surface area contributed by atoms with Crippen molar-refractivity contribution in [3.63, 3.8) is 0 Å². The maximum atomic E-state index is 11.4. The molecule has 1 rings (SSSR count). The van der Waals surface area contributed by atoms with Crippen molar-refractivity contribution >= 4 is 5.78 Å². The number of hydrogen-bond acceptors (Lipinski definition) is 2. The number of carbonyl (C=O) groups excluding carboxylic acids is 1. The number of carbonyl (C=O) groups is 1. The zero-order valence-electron chi connectivity index (χ0n) is 15.0. The molecular formula is C19H34O2. The van der Waals surface area contributed by atoms with Crippen LogP contribution >= 0.6 is 0 Å². The third-order valence-corrected chi connectivity index (χ3v) is 2.84. The summed E-state index contributed by atoms with van der Waals surface area (Å²) in [4.78, 5) is 11.4. The molecule has 0 saturated heterocycles. The predicted octanol–water partition coefficient (Wildman–Crippen LogP) is 6.15. The largest absolute Gasteiger partial charge is 0.493 e. The van der Waals surface area contributed by atoms with Crippen LogP contribution in [0.1, 0.15) is 78.1 Å². The van der Waals surface area contributed by atoms with Crippen LogP contribution in [0, 0.1) is 5.92 Å². The van der Waals surface area contributed by atoms with Gasteiger partial charge >= 0.3 is 0 Å². The van der Waals surface area contributed by atoms with E-state index in [1.807, 2.05) is 52.0 Å². The summed E-state index contributed by atoms with van der Waals surface area (Å²) in [6, 6.07) is 7.44. The summed E-state index contributed by atoms with van der Waals surface area (Å²) >= 11 is 0. The van der Waals surface area contributed by atoms with Crippen molar-refractivity contribution in [1.29, 1.82) is 0 Å². The van der Waals surface area contributed by atoms with Crippen molar-refractivity contribution in [2.75, 3.05) is 6.61 Å². The molecule has 0 bridgehead atoms. The number of benzene rings is 1. The van der Waals surface area contributed by atoms with E-state index in [1.54, 1.807) is 6.92 Å². The summed E-state index contributed by atoms with van der Waals surface area (Å²) in [6.07, 6.45) is 3.63. The van der Waals surface area contributed by atoms with Gasteiger partial charge in [-0.25, -0.2) is 0 Å². The molecule has 0 spiro atoms. The van der Waals surface area contributed by atoms with Crippen molar-refractivity contribution in [2.24, 2.45) is 5.92 Å². The van der Waals surface area contributed by atoms with Gasteiger partial charge in [-0.05, 0) is 31.4 Å². The first kappa shape index (κ1) is 22.0. The molecule has 122 valence electrons. The lowest BCUT2D eigenvalue weighted by molar-refractivity contribution is 0.101. The Balaban J connectivity index is 0. The fourth-order valence-corrected chi connectivity index (χ4v) is 1.75. The van der Waals surface area contributed by atoms with Gasteiger partial charge in [0.15, 0.2) is 5.78 Å². The SMILES string of the molecule is CC.CC.CCCC[C@H](C)COc1ccccc1C(C)=O. The van der Waals surface area contributed by atoms with Crippen LogP contribution in [0.15, 0.2) is 24.3 Å². The van der Waals surface area contributed by atoms with Gasteiger partial charge in [0, 0.05) is 0 Å². The first-order valence-corrected chi connectivity index (χ1v) is 8.38. The van der Waals surface area contributed by atoms with Crippen LogP contribution in [-0.4, -0.2) is 12.4 Å². The van der Waals surface area contributed by atoms with E-state index < -0.39 is 0 Å². The lowest BCUT2D eigenvalue weighted by atomic mass is 10.1. The second kappa shape index (κ2) is 15.1. The maximum absolute atomic E-state index is 11.4. The quantitative estimate of drug-likeness (QED) is 0.564. The van der Waals surface area contributed by atoms with Crippen molar-refractivity contribution in [3.05, 3.63) is 29.8 Å². The molecule has 0 aromatic heterocycles. The standard InChI is InChI=1S/C15H22O2.2C2H6/c1-4-5-8-12(2)11-17-15-10-7-6-9-14(15)13(3)16;2*1-2/h6-7,9-10,12H,4-5,8,11H2,1-3H3;2*1-2H3/t12-;;/m0../s1. The first-order chi connectivity index (χ1) is 10.1. The molecule has 1 atom stereocenters. The summed E-state index contributed by atoms with van der Waals surface area (Å²) in [5.74, 6) is 1.31. The van der Waals surface area contributed by atoms with E-state index in [-0.39, 0.29) is 5.78 Å². The van der Waals surface area contributed by atoms with Crippen LogP contribution in [0.5, 0.6) is 5.75 Å². The number of hydrogen-bond donors (Lipinski definition) is 0. The minimum atomic E-state index is 0.0572. The number of ether oxygens (including phenoxy) is 1. The maximum Gasteiger partial charge on any atom is 0.163 e. The Kier molecular flexibility index (Phi) is 15.8. The van der Waals surface area contributed by atoms with E-state index >= 15 is 0 Å². The van der Waals surface area contributed by atoms with Crippen LogP contribution < -0.4 is 4.74 Å². The second-order valence-corrected chi connectivity index (χ2v) is 4.61. The normalized spacial score (nSPS) is 10.4. The molecule has 1 aromatic carbocycles. The smallest absolute Gasteiger partial charge is 0.163 e. The second-order valence-electron chi connectivity index (χ2n) is 4.61. The fourth-order valence-electron chi connectivity index (χ4n) is 1.75. The topological polar surface area (TPSA) is 26.3 Å². The number of ketones is 1. The Morgan fingerprint density at radius 1 is 1.14 bits per heavy atom. The third-order valence-electron chi connectivity index (χ3n) is 2.84. The van der Waals surface area contributed by atoms with E-state index in [4.69, 9.17) is 4.74 Å². The Morgan fingerprint density at radius 2 is 1.71 bits per heavy atom. The van der Waals surface area contributed by atoms with E-state index in [9.17, 15) is 4.79 Å². The molecule has 1 aromatic rings. The van der Waals surface area contributed by atoms with Gasteiger partial charge in [-0.15, -0.1) is 0 Å². The van der Waals surface area contributed by atoms with Gasteiger partial charge in [-0.3, -0.25) is 4.79 Å². The van der Waals surface area contributed by atoms with Gasteiger partial charge < -0.3 is 4.74 Å². The monoisotopic (exact) mass is 294 g/mol. The fraction of sp³-hybridized carbons (Fsp3) is 0.632. The minimum absolute atomic E-state index is 0.0572.